The Morgan fingerprint density at radius 1 is 1.12 bits per heavy atom. The Kier molecular flexibility index (Phi) is 6.00. The van der Waals surface area contributed by atoms with Gasteiger partial charge in [0.1, 0.15) is 5.54 Å². The number of nitrogens with two attached hydrogens (primary N) is 1. The first kappa shape index (κ1) is 24.3. The SMILES string of the molecule is CS(=O)(=O)c1cccc(C(=O)N2CCC[C@@]2(C(N)=O)[C@@H](c2ccc(C(F)(F)F)cc2)C2CC2)c1. The van der Waals surface area contributed by atoms with Crippen LogP contribution in [0, 0.1) is 5.92 Å². The minimum absolute atomic E-state index is 0.00000866. The second kappa shape index (κ2) is 8.41. The number of rotatable bonds is 6. The van der Waals surface area contributed by atoms with E-state index in [4.69, 9.17) is 5.73 Å². The number of benzene rings is 2. The molecule has 6 nitrogen and oxygen atoms in total. The second-order valence-corrected chi connectivity index (χ2v) is 11.1. The minimum atomic E-state index is -4.49. The molecule has 0 radical (unpaired) electrons. The Morgan fingerprint density at radius 2 is 1.76 bits per heavy atom. The largest absolute Gasteiger partial charge is 0.416 e. The van der Waals surface area contributed by atoms with Gasteiger partial charge in [-0.05, 0) is 67.5 Å². The number of hydrogen-bond donors (Lipinski definition) is 1. The van der Waals surface area contributed by atoms with Crippen LogP contribution in [0.1, 0.15) is 53.1 Å². The number of nitrogens with zero attached hydrogens (tertiary/aromatic N) is 1. The molecule has 2 aromatic carbocycles. The molecule has 1 aliphatic carbocycles. The van der Waals surface area contributed by atoms with E-state index in [1.807, 2.05) is 0 Å². The number of hydrogen-bond acceptors (Lipinski definition) is 4. The summed E-state index contributed by atoms with van der Waals surface area (Å²) >= 11 is 0. The molecular formula is C24H25F3N2O4S. The van der Waals surface area contributed by atoms with Crippen molar-refractivity contribution in [3.63, 3.8) is 0 Å². The van der Waals surface area contributed by atoms with Crippen molar-refractivity contribution in [3.8, 4) is 0 Å². The van der Waals surface area contributed by atoms with Crippen LogP contribution in [0.15, 0.2) is 53.4 Å². The summed E-state index contributed by atoms with van der Waals surface area (Å²) in [5.41, 5.74) is 4.35. The summed E-state index contributed by atoms with van der Waals surface area (Å²) in [5, 5.41) is 0. The van der Waals surface area contributed by atoms with E-state index in [0.717, 1.165) is 31.2 Å². The van der Waals surface area contributed by atoms with Gasteiger partial charge in [-0.2, -0.15) is 13.2 Å². The van der Waals surface area contributed by atoms with E-state index in [2.05, 4.69) is 0 Å². The Labute approximate surface area is 195 Å². The van der Waals surface area contributed by atoms with Crippen molar-refractivity contribution in [2.45, 2.75) is 48.2 Å². The predicted octanol–water partition coefficient (Wildman–Crippen LogP) is 3.76. The average Bonchev–Trinajstić information content (AvgIpc) is 3.50. The van der Waals surface area contributed by atoms with E-state index in [-0.39, 0.29) is 29.3 Å². The summed E-state index contributed by atoms with van der Waals surface area (Å²) in [5.74, 6) is -1.80. The summed E-state index contributed by atoms with van der Waals surface area (Å²) in [6.45, 7) is 0.231. The van der Waals surface area contributed by atoms with Crippen LogP contribution >= 0.6 is 0 Å². The maximum absolute atomic E-state index is 13.6. The van der Waals surface area contributed by atoms with Gasteiger partial charge in [0.2, 0.25) is 5.91 Å². The Hall–Kier alpha value is -2.88. The third-order valence-electron chi connectivity index (χ3n) is 6.81. The Bertz CT molecular complexity index is 1220. The lowest BCUT2D eigenvalue weighted by molar-refractivity contribution is -0.137. The van der Waals surface area contributed by atoms with Gasteiger partial charge >= 0.3 is 6.18 Å². The van der Waals surface area contributed by atoms with Crippen molar-refractivity contribution in [1.82, 2.24) is 4.90 Å². The molecule has 4 rings (SSSR count). The van der Waals surface area contributed by atoms with Crippen LogP contribution < -0.4 is 5.73 Å². The van der Waals surface area contributed by atoms with Crippen molar-refractivity contribution in [2.75, 3.05) is 12.8 Å². The van der Waals surface area contributed by atoms with Gasteiger partial charge in [-0.3, -0.25) is 9.59 Å². The smallest absolute Gasteiger partial charge is 0.368 e. The van der Waals surface area contributed by atoms with Crippen LogP contribution in [0.5, 0.6) is 0 Å². The number of sulfone groups is 1. The molecule has 182 valence electrons. The van der Waals surface area contributed by atoms with Crippen LogP contribution in [0.4, 0.5) is 13.2 Å². The standard InChI is InChI=1S/C24H25F3N2O4S/c1-34(32,33)19-5-2-4-17(14-19)21(30)29-13-3-12-23(29,22(28)31)20(15-6-7-15)16-8-10-18(11-9-16)24(25,26)27/h2,4-5,8-11,14-15,20H,3,6-7,12-13H2,1H3,(H2,28,31)/t20-,23+/m1/s1. The van der Waals surface area contributed by atoms with Gasteiger partial charge in [-0.1, -0.05) is 18.2 Å². The van der Waals surface area contributed by atoms with E-state index in [9.17, 15) is 31.2 Å². The number of amides is 2. The molecule has 2 aliphatic rings. The molecule has 1 aliphatic heterocycles. The highest BCUT2D eigenvalue weighted by molar-refractivity contribution is 7.90. The van der Waals surface area contributed by atoms with E-state index in [1.54, 1.807) is 0 Å². The molecule has 0 bridgehead atoms. The topological polar surface area (TPSA) is 97.5 Å². The maximum Gasteiger partial charge on any atom is 0.416 e. The van der Waals surface area contributed by atoms with Crippen molar-refractivity contribution in [2.24, 2.45) is 11.7 Å². The summed E-state index contributed by atoms with van der Waals surface area (Å²) in [4.78, 5) is 28.0. The lowest BCUT2D eigenvalue weighted by Gasteiger charge is -2.42. The first-order chi connectivity index (χ1) is 15.9. The monoisotopic (exact) mass is 494 g/mol. The van der Waals surface area contributed by atoms with Crippen LogP contribution in [0.25, 0.3) is 0 Å². The molecule has 0 aromatic heterocycles. The third kappa shape index (κ3) is 4.31. The van der Waals surface area contributed by atoms with Crippen molar-refractivity contribution >= 4 is 21.7 Å². The number of carbonyl (C=O) groups is 2. The summed E-state index contributed by atoms with van der Waals surface area (Å²) in [6.07, 6.45) is -1.15. The molecule has 1 heterocycles. The molecule has 34 heavy (non-hydrogen) atoms. The van der Waals surface area contributed by atoms with Gasteiger partial charge in [0.15, 0.2) is 9.84 Å². The predicted molar refractivity (Wildman–Crippen MR) is 119 cm³/mol. The number of likely N-dealkylation sites (tertiary alicyclic amines) is 1. The number of halogens is 3. The van der Waals surface area contributed by atoms with Gasteiger partial charge in [0.05, 0.1) is 10.5 Å². The lowest BCUT2D eigenvalue weighted by atomic mass is 9.73. The molecule has 1 saturated carbocycles. The molecule has 2 N–H and O–H groups in total. The van der Waals surface area contributed by atoms with Crippen LogP contribution in [-0.4, -0.2) is 43.5 Å². The molecule has 1 saturated heterocycles. The van der Waals surface area contributed by atoms with Crippen molar-refractivity contribution in [3.05, 3.63) is 65.2 Å². The molecule has 2 amide bonds. The van der Waals surface area contributed by atoms with Crippen LogP contribution in [0.3, 0.4) is 0 Å². The van der Waals surface area contributed by atoms with Crippen LogP contribution in [-0.2, 0) is 20.8 Å². The zero-order chi connectivity index (χ0) is 24.9. The van der Waals surface area contributed by atoms with Gasteiger partial charge in [0.25, 0.3) is 5.91 Å². The van der Waals surface area contributed by atoms with Crippen LogP contribution in [0.2, 0.25) is 0 Å². The molecule has 2 atom stereocenters. The third-order valence-corrected chi connectivity index (χ3v) is 7.92. The Morgan fingerprint density at radius 3 is 2.29 bits per heavy atom. The van der Waals surface area contributed by atoms with Gasteiger partial charge in [0, 0.05) is 24.3 Å². The highest BCUT2D eigenvalue weighted by atomic mass is 32.2. The average molecular weight is 495 g/mol. The summed E-state index contributed by atoms with van der Waals surface area (Å²) in [7, 11) is -3.56. The van der Waals surface area contributed by atoms with E-state index < -0.39 is 44.8 Å². The lowest BCUT2D eigenvalue weighted by Crippen LogP contribution is -2.60. The minimum Gasteiger partial charge on any atom is -0.368 e. The van der Waals surface area contributed by atoms with Crippen molar-refractivity contribution in [1.29, 1.82) is 0 Å². The molecule has 2 aromatic rings. The number of primary amides is 1. The van der Waals surface area contributed by atoms with Gasteiger partial charge < -0.3 is 10.6 Å². The quantitative estimate of drug-likeness (QED) is 0.661. The molecular weight excluding hydrogens is 469 g/mol. The highest BCUT2D eigenvalue weighted by Gasteiger charge is 2.58. The normalized spacial score (nSPS) is 21.9. The zero-order valence-corrected chi connectivity index (χ0v) is 19.3. The first-order valence-corrected chi connectivity index (χ1v) is 12.8. The fourth-order valence-electron chi connectivity index (χ4n) is 5.12. The highest BCUT2D eigenvalue weighted by Crippen LogP contribution is 2.54. The van der Waals surface area contributed by atoms with Gasteiger partial charge in [-0.15, -0.1) is 0 Å². The molecule has 10 heteroatoms. The van der Waals surface area contributed by atoms with E-state index >= 15 is 0 Å². The first-order valence-electron chi connectivity index (χ1n) is 10.9. The second-order valence-electron chi connectivity index (χ2n) is 9.08. The zero-order valence-electron chi connectivity index (χ0n) is 18.5. The molecule has 0 unspecified atom stereocenters. The molecule has 0 spiro atoms. The van der Waals surface area contributed by atoms with E-state index in [0.29, 0.717) is 12.0 Å². The van der Waals surface area contributed by atoms with Gasteiger partial charge in [-0.25, -0.2) is 8.42 Å². The molecule has 2 fully saturated rings. The summed E-state index contributed by atoms with van der Waals surface area (Å²) < 4.78 is 63.2. The van der Waals surface area contributed by atoms with Crippen molar-refractivity contribution < 1.29 is 31.2 Å². The fourth-order valence-corrected chi connectivity index (χ4v) is 5.79. The number of carbonyl (C=O) groups excluding carboxylic acids is 2. The summed E-state index contributed by atoms with van der Waals surface area (Å²) in [6, 6.07) is 10.3. The fraction of sp³-hybridized carbons (Fsp3) is 0.417. The number of alkyl halides is 3. The maximum atomic E-state index is 13.6. The Balaban J connectivity index is 1.78. The van der Waals surface area contributed by atoms with E-state index in [1.165, 1.54) is 41.3 Å².